The lowest BCUT2D eigenvalue weighted by molar-refractivity contribution is 0.223. The molecule has 0 aromatic heterocycles. The molecule has 0 heterocycles. The van der Waals surface area contributed by atoms with Crippen molar-refractivity contribution in [1.82, 2.24) is 5.32 Å². The number of benzene rings is 1. The van der Waals surface area contributed by atoms with Gasteiger partial charge in [-0.05, 0) is 51.0 Å². The molecular weight excluding hydrogens is 230 g/mol. The monoisotopic (exact) mass is 261 g/mol. The van der Waals surface area contributed by atoms with Crippen molar-refractivity contribution in [1.29, 1.82) is 0 Å². The summed E-state index contributed by atoms with van der Waals surface area (Å²) in [4.78, 5) is 0. The van der Waals surface area contributed by atoms with Crippen molar-refractivity contribution in [2.75, 3.05) is 0 Å². The first-order valence-corrected chi connectivity index (χ1v) is 7.50. The molecule has 1 atom stereocenters. The lowest BCUT2D eigenvalue weighted by Gasteiger charge is -2.36. The van der Waals surface area contributed by atoms with E-state index in [1.807, 2.05) is 0 Å². The van der Waals surface area contributed by atoms with Crippen LogP contribution in [0.15, 0.2) is 30.3 Å². The van der Waals surface area contributed by atoms with Crippen molar-refractivity contribution >= 4 is 0 Å². The summed E-state index contributed by atoms with van der Waals surface area (Å²) >= 11 is 0. The SMILES string of the molecule is CC(CCc1ccccc1)NC(C)(C)CC(C)(C)C. The molecule has 19 heavy (non-hydrogen) atoms. The van der Waals surface area contributed by atoms with Gasteiger partial charge in [0.15, 0.2) is 0 Å². The van der Waals surface area contributed by atoms with Gasteiger partial charge in [-0.2, -0.15) is 0 Å². The third kappa shape index (κ3) is 7.37. The summed E-state index contributed by atoms with van der Waals surface area (Å²) in [6.07, 6.45) is 3.54. The van der Waals surface area contributed by atoms with Gasteiger partial charge in [-0.15, -0.1) is 0 Å². The van der Waals surface area contributed by atoms with Crippen LogP contribution in [0, 0.1) is 5.41 Å². The van der Waals surface area contributed by atoms with E-state index >= 15 is 0 Å². The minimum atomic E-state index is 0.203. The molecule has 0 amide bonds. The Morgan fingerprint density at radius 2 is 1.58 bits per heavy atom. The zero-order valence-corrected chi connectivity index (χ0v) is 13.6. The van der Waals surface area contributed by atoms with Gasteiger partial charge in [-0.1, -0.05) is 51.1 Å². The highest BCUT2D eigenvalue weighted by molar-refractivity contribution is 5.14. The van der Waals surface area contributed by atoms with Crippen LogP contribution in [0.25, 0.3) is 0 Å². The maximum atomic E-state index is 3.78. The van der Waals surface area contributed by atoms with E-state index in [0.717, 1.165) is 6.42 Å². The first-order valence-electron chi connectivity index (χ1n) is 7.50. The van der Waals surface area contributed by atoms with Crippen molar-refractivity contribution in [3.8, 4) is 0 Å². The van der Waals surface area contributed by atoms with Crippen LogP contribution >= 0.6 is 0 Å². The van der Waals surface area contributed by atoms with E-state index in [4.69, 9.17) is 0 Å². The van der Waals surface area contributed by atoms with E-state index in [1.165, 1.54) is 18.4 Å². The Balaban J connectivity index is 2.40. The summed E-state index contributed by atoms with van der Waals surface area (Å²) < 4.78 is 0. The molecule has 1 heteroatoms. The lowest BCUT2D eigenvalue weighted by atomic mass is 9.81. The number of nitrogens with one attached hydrogen (secondary N) is 1. The Bertz CT molecular complexity index is 359. The average molecular weight is 261 g/mol. The highest BCUT2D eigenvalue weighted by Gasteiger charge is 2.26. The van der Waals surface area contributed by atoms with Crippen LogP contribution in [-0.4, -0.2) is 11.6 Å². The summed E-state index contributed by atoms with van der Waals surface area (Å²) in [7, 11) is 0. The zero-order valence-electron chi connectivity index (χ0n) is 13.6. The van der Waals surface area contributed by atoms with Gasteiger partial charge in [0.1, 0.15) is 0 Å². The van der Waals surface area contributed by atoms with Crippen molar-refractivity contribution in [2.45, 2.75) is 72.4 Å². The van der Waals surface area contributed by atoms with Crippen molar-refractivity contribution in [3.05, 3.63) is 35.9 Å². The van der Waals surface area contributed by atoms with Crippen molar-refractivity contribution in [2.24, 2.45) is 5.41 Å². The van der Waals surface area contributed by atoms with Gasteiger partial charge < -0.3 is 5.32 Å². The molecule has 0 radical (unpaired) electrons. The van der Waals surface area contributed by atoms with E-state index in [9.17, 15) is 0 Å². The summed E-state index contributed by atoms with van der Waals surface area (Å²) in [5.41, 5.74) is 2.01. The first kappa shape index (κ1) is 16.2. The van der Waals surface area contributed by atoms with Gasteiger partial charge in [0.25, 0.3) is 0 Å². The second-order valence-corrected chi connectivity index (χ2v) is 7.69. The second-order valence-electron chi connectivity index (χ2n) is 7.69. The quantitative estimate of drug-likeness (QED) is 0.774. The predicted molar refractivity (Wildman–Crippen MR) is 85.5 cm³/mol. The molecule has 0 saturated carbocycles. The van der Waals surface area contributed by atoms with Crippen LogP contribution in [-0.2, 0) is 6.42 Å². The molecule has 1 rings (SSSR count). The van der Waals surface area contributed by atoms with Crippen LogP contribution in [0.1, 0.15) is 59.9 Å². The molecule has 0 spiro atoms. The Hall–Kier alpha value is -0.820. The molecule has 108 valence electrons. The average Bonchev–Trinajstić information content (AvgIpc) is 2.23. The maximum absolute atomic E-state index is 3.78. The van der Waals surface area contributed by atoms with E-state index < -0.39 is 0 Å². The van der Waals surface area contributed by atoms with Gasteiger partial charge in [-0.3, -0.25) is 0 Å². The number of hydrogen-bond donors (Lipinski definition) is 1. The molecule has 0 bridgehead atoms. The molecule has 1 aromatic carbocycles. The zero-order chi connectivity index (χ0) is 14.5. The number of aryl methyl sites for hydroxylation is 1. The van der Waals surface area contributed by atoms with E-state index in [2.05, 4.69) is 77.2 Å². The first-order chi connectivity index (χ1) is 8.68. The van der Waals surface area contributed by atoms with E-state index in [0.29, 0.717) is 11.5 Å². The van der Waals surface area contributed by atoms with Crippen LogP contribution in [0.4, 0.5) is 0 Å². The fourth-order valence-corrected chi connectivity index (χ4v) is 3.14. The highest BCUT2D eigenvalue weighted by Crippen LogP contribution is 2.27. The second kappa shape index (κ2) is 6.56. The molecule has 0 aliphatic heterocycles. The van der Waals surface area contributed by atoms with Crippen LogP contribution in [0.2, 0.25) is 0 Å². The summed E-state index contributed by atoms with van der Waals surface area (Å²) in [6.45, 7) is 13.9. The molecule has 1 unspecified atom stereocenters. The van der Waals surface area contributed by atoms with Crippen LogP contribution < -0.4 is 5.32 Å². The standard InChI is InChI=1S/C18H31N/c1-15(12-13-16-10-8-7-9-11-16)19-18(5,6)14-17(2,3)4/h7-11,15,19H,12-14H2,1-6H3. The van der Waals surface area contributed by atoms with E-state index in [1.54, 1.807) is 0 Å². The molecule has 0 saturated heterocycles. The Morgan fingerprint density at radius 3 is 2.11 bits per heavy atom. The molecular formula is C18H31N. The van der Waals surface area contributed by atoms with Gasteiger partial charge >= 0.3 is 0 Å². The minimum Gasteiger partial charge on any atom is -0.309 e. The fourth-order valence-electron chi connectivity index (χ4n) is 3.14. The summed E-state index contributed by atoms with van der Waals surface area (Å²) in [5, 5.41) is 3.78. The highest BCUT2D eigenvalue weighted by atomic mass is 15.0. The third-order valence-corrected chi connectivity index (χ3v) is 3.32. The lowest BCUT2D eigenvalue weighted by Crippen LogP contribution is -2.47. The van der Waals surface area contributed by atoms with Crippen LogP contribution in [0.3, 0.4) is 0 Å². The van der Waals surface area contributed by atoms with Gasteiger partial charge in [0.2, 0.25) is 0 Å². The molecule has 0 aliphatic carbocycles. The third-order valence-electron chi connectivity index (χ3n) is 3.32. The van der Waals surface area contributed by atoms with Crippen molar-refractivity contribution in [3.63, 3.8) is 0 Å². The Morgan fingerprint density at radius 1 is 1.00 bits per heavy atom. The molecule has 0 aliphatic rings. The molecule has 1 N–H and O–H groups in total. The minimum absolute atomic E-state index is 0.203. The van der Waals surface area contributed by atoms with E-state index in [-0.39, 0.29) is 5.54 Å². The Labute approximate surface area is 119 Å². The Kier molecular flexibility index (Phi) is 5.61. The summed E-state index contributed by atoms with van der Waals surface area (Å²) in [6, 6.07) is 11.3. The van der Waals surface area contributed by atoms with Crippen LogP contribution in [0.5, 0.6) is 0 Å². The van der Waals surface area contributed by atoms with Gasteiger partial charge in [0.05, 0.1) is 0 Å². The topological polar surface area (TPSA) is 12.0 Å². The molecule has 1 aromatic rings. The predicted octanol–water partition coefficient (Wildman–Crippen LogP) is 4.81. The fraction of sp³-hybridized carbons (Fsp3) is 0.667. The summed E-state index contributed by atoms with van der Waals surface area (Å²) in [5.74, 6) is 0. The van der Waals surface area contributed by atoms with Crippen molar-refractivity contribution < 1.29 is 0 Å². The van der Waals surface area contributed by atoms with Gasteiger partial charge in [0, 0.05) is 11.6 Å². The normalized spacial score (nSPS) is 14.4. The maximum Gasteiger partial charge on any atom is 0.0132 e. The molecule has 1 nitrogen and oxygen atoms in total. The smallest absolute Gasteiger partial charge is 0.0132 e. The molecule has 0 fully saturated rings. The number of rotatable bonds is 6. The largest absolute Gasteiger partial charge is 0.309 e. The number of hydrogen-bond acceptors (Lipinski definition) is 1. The van der Waals surface area contributed by atoms with Gasteiger partial charge in [-0.25, -0.2) is 0 Å².